The van der Waals surface area contributed by atoms with Crippen LogP contribution in [0.15, 0.2) is 54.9 Å². The summed E-state index contributed by atoms with van der Waals surface area (Å²) in [5, 5.41) is 12.3. The van der Waals surface area contributed by atoms with Gasteiger partial charge in [0.05, 0.1) is 19.3 Å². The third-order valence-corrected chi connectivity index (χ3v) is 3.80. The molecule has 0 bridgehead atoms. The van der Waals surface area contributed by atoms with Crippen LogP contribution in [0.3, 0.4) is 0 Å². The number of aromatic carboxylic acids is 1. The molecule has 0 amide bonds. The van der Waals surface area contributed by atoms with Crippen molar-refractivity contribution in [3.8, 4) is 0 Å². The number of carbonyl (C=O) groups is 1. The Morgan fingerprint density at radius 2 is 2.08 bits per heavy atom. The van der Waals surface area contributed by atoms with Gasteiger partial charge in [0.2, 0.25) is 0 Å². The predicted octanol–water partition coefficient (Wildman–Crippen LogP) is 3.99. The monoisotopic (exact) mass is 379 g/mol. The molecule has 7 heteroatoms. The van der Waals surface area contributed by atoms with Crippen molar-refractivity contribution in [1.82, 2.24) is 5.32 Å². The number of hydrogen-bond donors (Lipinski definition) is 2. The van der Waals surface area contributed by atoms with Gasteiger partial charge >= 0.3 is 5.97 Å². The van der Waals surface area contributed by atoms with Gasteiger partial charge in [-0.2, -0.15) is 0 Å². The largest absolute Gasteiger partial charge is 0.483 e. The van der Waals surface area contributed by atoms with Crippen LogP contribution in [-0.2, 0) is 9.47 Å². The van der Waals surface area contributed by atoms with Crippen LogP contribution in [0, 0.1) is 5.82 Å². The maximum atomic E-state index is 13.8. The highest BCUT2D eigenvalue weighted by atomic mass is 35.5. The van der Waals surface area contributed by atoms with Gasteiger partial charge in [-0.15, -0.1) is 0 Å². The fraction of sp³-hybridized carbons (Fsp3) is 0.211. The van der Waals surface area contributed by atoms with E-state index in [1.54, 1.807) is 18.2 Å². The summed E-state index contributed by atoms with van der Waals surface area (Å²) in [6, 6.07) is 10.4. The number of halogens is 2. The Morgan fingerprint density at radius 1 is 1.31 bits per heavy atom. The normalized spacial score (nSPS) is 11.7. The minimum absolute atomic E-state index is 0.115. The van der Waals surface area contributed by atoms with E-state index in [0.29, 0.717) is 23.6 Å². The summed E-state index contributed by atoms with van der Waals surface area (Å²) < 4.78 is 24.6. The van der Waals surface area contributed by atoms with Crippen molar-refractivity contribution >= 4 is 17.6 Å². The Labute approximate surface area is 156 Å². The second-order valence-electron chi connectivity index (χ2n) is 5.44. The Hall–Kier alpha value is -2.57. The number of carboxylic acids is 1. The molecule has 2 aromatic carbocycles. The van der Waals surface area contributed by atoms with Crippen LogP contribution >= 0.6 is 11.6 Å². The quantitative estimate of drug-likeness (QED) is 0.509. The topological polar surface area (TPSA) is 67.8 Å². The van der Waals surface area contributed by atoms with Gasteiger partial charge in [-0.25, -0.2) is 9.18 Å². The van der Waals surface area contributed by atoms with Gasteiger partial charge in [-0.1, -0.05) is 23.7 Å². The summed E-state index contributed by atoms with van der Waals surface area (Å²) in [5.74, 6) is -1.16. The van der Waals surface area contributed by atoms with Crippen molar-refractivity contribution in [3.05, 3.63) is 82.5 Å². The molecule has 1 unspecified atom stereocenters. The molecule has 0 aliphatic carbocycles. The molecule has 0 radical (unpaired) electrons. The van der Waals surface area contributed by atoms with Gasteiger partial charge in [0.25, 0.3) is 0 Å². The molecule has 0 aliphatic heterocycles. The lowest BCUT2D eigenvalue weighted by Gasteiger charge is -2.20. The van der Waals surface area contributed by atoms with E-state index in [0.717, 1.165) is 0 Å². The number of hydrogen-bond acceptors (Lipinski definition) is 4. The summed E-state index contributed by atoms with van der Waals surface area (Å²) >= 11 is 5.95. The van der Waals surface area contributed by atoms with E-state index in [4.69, 9.17) is 21.1 Å². The molecular formula is C19H19ClFNO4. The second-order valence-corrected chi connectivity index (χ2v) is 5.87. The van der Waals surface area contributed by atoms with E-state index in [2.05, 4.69) is 11.9 Å². The number of nitrogens with one attached hydrogen (secondary N) is 1. The lowest BCUT2D eigenvalue weighted by atomic mass is 9.99. The molecule has 138 valence electrons. The highest BCUT2D eigenvalue weighted by molar-refractivity contribution is 6.30. The van der Waals surface area contributed by atoms with Gasteiger partial charge in [0, 0.05) is 11.6 Å². The van der Waals surface area contributed by atoms with Gasteiger partial charge in [-0.05, 0) is 48.0 Å². The van der Waals surface area contributed by atoms with Crippen LogP contribution in [-0.4, -0.2) is 31.3 Å². The van der Waals surface area contributed by atoms with E-state index >= 15 is 0 Å². The number of ether oxygens (including phenoxy) is 2. The summed E-state index contributed by atoms with van der Waals surface area (Å²) in [7, 11) is 1.49. The van der Waals surface area contributed by atoms with Crippen molar-refractivity contribution in [1.29, 1.82) is 0 Å². The fourth-order valence-electron chi connectivity index (χ4n) is 2.39. The molecule has 0 heterocycles. The van der Waals surface area contributed by atoms with E-state index < -0.39 is 17.9 Å². The smallest absolute Gasteiger partial charge is 0.335 e. The molecule has 0 aromatic heterocycles. The van der Waals surface area contributed by atoms with E-state index in [-0.39, 0.29) is 17.2 Å². The van der Waals surface area contributed by atoms with Crippen LogP contribution in [0.5, 0.6) is 0 Å². The fourth-order valence-corrected chi connectivity index (χ4v) is 2.62. The molecule has 5 nitrogen and oxygen atoms in total. The first kappa shape index (κ1) is 19.8. The second kappa shape index (κ2) is 9.22. The van der Waals surface area contributed by atoms with Crippen LogP contribution in [0.25, 0.3) is 0 Å². The highest BCUT2D eigenvalue weighted by Gasteiger charge is 2.18. The molecule has 2 N–H and O–H groups in total. The van der Waals surface area contributed by atoms with Crippen molar-refractivity contribution in [2.24, 2.45) is 0 Å². The van der Waals surface area contributed by atoms with Crippen LogP contribution < -0.4 is 5.32 Å². The van der Waals surface area contributed by atoms with Crippen molar-refractivity contribution in [2.45, 2.75) is 6.10 Å². The van der Waals surface area contributed by atoms with Crippen molar-refractivity contribution in [3.63, 3.8) is 0 Å². The molecule has 2 rings (SSSR count). The van der Waals surface area contributed by atoms with Gasteiger partial charge in [0.15, 0.2) is 5.88 Å². The molecular weight excluding hydrogens is 361 g/mol. The Kier molecular flexibility index (Phi) is 7.00. The minimum atomic E-state index is -1.05. The Balaban J connectivity index is 2.27. The highest BCUT2D eigenvalue weighted by Crippen LogP contribution is 2.29. The first-order chi connectivity index (χ1) is 12.4. The number of carboxylic acid groups (broad SMARTS) is 1. The van der Waals surface area contributed by atoms with Gasteiger partial charge in [0.1, 0.15) is 11.9 Å². The van der Waals surface area contributed by atoms with Crippen LogP contribution in [0.4, 0.5) is 4.39 Å². The van der Waals surface area contributed by atoms with Gasteiger partial charge in [-0.3, -0.25) is 0 Å². The zero-order valence-electron chi connectivity index (χ0n) is 14.2. The molecule has 2 aromatic rings. The van der Waals surface area contributed by atoms with Crippen LogP contribution in [0.2, 0.25) is 5.02 Å². The van der Waals surface area contributed by atoms with Gasteiger partial charge < -0.3 is 19.9 Å². The first-order valence-electron chi connectivity index (χ1n) is 7.78. The van der Waals surface area contributed by atoms with E-state index in [1.165, 1.54) is 31.4 Å². The summed E-state index contributed by atoms with van der Waals surface area (Å²) in [5.41, 5.74) is 1.18. The molecule has 26 heavy (non-hydrogen) atoms. The predicted molar refractivity (Wildman–Crippen MR) is 96.8 cm³/mol. The van der Waals surface area contributed by atoms with E-state index in [1.807, 2.05) is 0 Å². The maximum Gasteiger partial charge on any atom is 0.335 e. The first-order valence-corrected chi connectivity index (χ1v) is 8.16. The Bertz CT molecular complexity index is 777. The molecule has 0 fully saturated rings. The zero-order chi connectivity index (χ0) is 19.1. The average molecular weight is 380 g/mol. The third kappa shape index (κ3) is 5.47. The van der Waals surface area contributed by atoms with Crippen LogP contribution in [0.1, 0.15) is 27.6 Å². The molecule has 0 aliphatic rings. The van der Waals surface area contributed by atoms with Crippen molar-refractivity contribution in [2.75, 3.05) is 20.3 Å². The number of rotatable bonds is 9. The number of methoxy groups -OCH3 is 1. The SMILES string of the molecule is C=C(NCCOC(c1cc(F)cc(Cl)c1)c1cccc(C(=O)O)c1)OC. The van der Waals surface area contributed by atoms with Crippen molar-refractivity contribution < 1.29 is 23.8 Å². The van der Waals surface area contributed by atoms with E-state index in [9.17, 15) is 14.3 Å². The zero-order valence-corrected chi connectivity index (χ0v) is 14.9. The lowest BCUT2D eigenvalue weighted by molar-refractivity contribution is 0.0694. The standard InChI is InChI=1S/C19H19ClFNO4/c1-12(25-2)22-6-7-26-18(15-9-16(20)11-17(21)10-15)13-4-3-5-14(8-13)19(23)24/h3-5,8-11,18,22H,1,6-7H2,2H3,(H,23,24). The lowest BCUT2D eigenvalue weighted by Crippen LogP contribution is -2.21. The summed E-state index contributed by atoms with van der Waals surface area (Å²) in [6.45, 7) is 4.30. The summed E-state index contributed by atoms with van der Waals surface area (Å²) in [4.78, 5) is 11.2. The number of benzene rings is 2. The third-order valence-electron chi connectivity index (χ3n) is 3.58. The maximum absolute atomic E-state index is 13.8. The molecule has 1 atom stereocenters. The molecule has 0 saturated heterocycles. The molecule has 0 saturated carbocycles. The Morgan fingerprint density at radius 3 is 2.73 bits per heavy atom. The average Bonchev–Trinajstić information content (AvgIpc) is 2.60. The molecule has 0 spiro atoms. The summed E-state index contributed by atoms with van der Waals surface area (Å²) in [6.07, 6.45) is -0.680. The minimum Gasteiger partial charge on any atom is -0.483 e.